The summed E-state index contributed by atoms with van der Waals surface area (Å²) in [5.74, 6) is -0.163. The highest BCUT2D eigenvalue weighted by atomic mass is 16.5. The van der Waals surface area contributed by atoms with Crippen LogP contribution in [-0.2, 0) is 6.42 Å². The van der Waals surface area contributed by atoms with Gasteiger partial charge in [0.1, 0.15) is 5.58 Å². The molecule has 0 aliphatic carbocycles. The molecule has 3 aromatic rings. The highest BCUT2D eigenvalue weighted by Crippen LogP contribution is 2.29. The minimum atomic E-state index is -0.475. The van der Waals surface area contributed by atoms with Crippen molar-refractivity contribution in [3.63, 3.8) is 0 Å². The molecule has 25 heavy (non-hydrogen) atoms. The minimum absolute atomic E-state index is 0.312. The lowest BCUT2D eigenvalue weighted by Gasteiger charge is -2.12. The van der Waals surface area contributed by atoms with Crippen molar-refractivity contribution in [2.45, 2.75) is 33.1 Å². The van der Waals surface area contributed by atoms with Crippen LogP contribution < -0.4 is 10.4 Å². The maximum atomic E-state index is 12.6. The van der Waals surface area contributed by atoms with Crippen LogP contribution in [0.2, 0.25) is 0 Å². The molecule has 0 amide bonds. The van der Waals surface area contributed by atoms with Crippen LogP contribution in [-0.4, -0.2) is 5.97 Å². The highest BCUT2D eigenvalue weighted by molar-refractivity contribution is 5.94. The van der Waals surface area contributed by atoms with E-state index < -0.39 is 11.6 Å². The molecule has 0 atom stereocenters. The van der Waals surface area contributed by atoms with Crippen LogP contribution in [0.5, 0.6) is 5.75 Å². The molecule has 0 unspecified atom stereocenters. The van der Waals surface area contributed by atoms with Crippen LogP contribution in [0.25, 0.3) is 11.0 Å². The normalized spacial score (nSPS) is 10.8. The number of aryl methyl sites for hydroxylation is 1. The number of unbranched alkanes of at least 4 members (excludes halogenated alkanes) is 1. The molecule has 2 aromatic carbocycles. The fraction of sp³-hybridized carbons (Fsp3) is 0.238. The molecule has 0 aliphatic heterocycles. The second-order valence-electron chi connectivity index (χ2n) is 6.06. The number of carbonyl (C=O) groups is 1. The lowest BCUT2D eigenvalue weighted by molar-refractivity contribution is 0.0734. The second kappa shape index (κ2) is 7.34. The first kappa shape index (κ1) is 17.0. The predicted molar refractivity (Wildman–Crippen MR) is 97.2 cm³/mol. The third-order valence-corrected chi connectivity index (χ3v) is 4.08. The molecule has 3 rings (SSSR count). The summed E-state index contributed by atoms with van der Waals surface area (Å²) in [6.07, 6.45) is 2.26. The SMILES string of the molecule is CCCCc1c(OC(=O)c2cccc(C)c2)c2ccccc2oc1=O. The smallest absolute Gasteiger partial charge is 0.343 e. The molecule has 0 bridgehead atoms. The topological polar surface area (TPSA) is 56.5 Å². The molecule has 0 aliphatic rings. The Bertz CT molecular complexity index is 969. The Morgan fingerprint density at radius 2 is 1.92 bits per heavy atom. The van der Waals surface area contributed by atoms with Crippen LogP contribution >= 0.6 is 0 Å². The molecule has 1 aromatic heterocycles. The van der Waals surface area contributed by atoms with E-state index in [-0.39, 0.29) is 0 Å². The molecule has 0 saturated carbocycles. The van der Waals surface area contributed by atoms with Crippen LogP contribution in [0.15, 0.2) is 57.7 Å². The molecular formula is C21H20O4. The average Bonchev–Trinajstić information content (AvgIpc) is 2.61. The van der Waals surface area contributed by atoms with E-state index in [1.807, 2.05) is 26.0 Å². The van der Waals surface area contributed by atoms with E-state index in [4.69, 9.17) is 9.15 Å². The monoisotopic (exact) mass is 336 g/mol. The molecule has 0 spiro atoms. The maximum absolute atomic E-state index is 12.6. The molecule has 128 valence electrons. The van der Waals surface area contributed by atoms with Gasteiger partial charge in [0, 0.05) is 0 Å². The molecule has 0 fully saturated rings. The maximum Gasteiger partial charge on any atom is 0.343 e. The summed E-state index contributed by atoms with van der Waals surface area (Å²) < 4.78 is 11.1. The number of rotatable bonds is 5. The van der Waals surface area contributed by atoms with Gasteiger partial charge in [-0.15, -0.1) is 0 Å². The van der Waals surface area contributed by atoms with Gasteiger partial charge in [-0.1, -0.05) is 43.2 Å². The lowest BCUT2D eigenvalue weighted by atomic mass is 10.1. The van der Waals surface area contributed by atoms with E-state index in [0.717, 1.165) is 18.4 Å². The number of esters is 1. The predicted octanol–water partition coefficient (Wildman–Crippen LogP) is 4.66. The van der Waals surface area contributed by atoms with Crippen molar-refractivity contribution in [1.82, 2.24) is 0 Å². The summed E-state index contributed by atoms with van der Waals surface area (Å²) in [4.78, 5) is 25.0. The van der Waals surface area contributed by atoms with Gasteiger partial charge in [0.05, 0.1) is 16.5 Å². The first-order valence-corrected chi connectivity index (χ1v) is 8.43. The fourth-order valence-corrected chi connectivity index (χ4v) is 2.77. The van der Waals surface area contributed by atoms with E-state index in [9.17, 15) is 9.59 Å². The van der Waals surface area contributed by atoms with Crippen molar-refractivity contribution in [3.05, 3.63) is 75.6 Å². The quantitative estimate of drug-likeness (QED) is 0.502. The number of fused-ring (bicyclic) bond motifs is 1. The Morgan fingerprint density at radius 1 is 1.12 bits per heavy atom. The largest absolute Gasteiger partial charge is 0.422 e. The van der Waals surface area contributed by atoms with E-state index in [2.05, 4.69) is 0 Å². The van der Waals surface area contributed by atoms with Gasteiger partial charge in [0.2, 0.25) is 0 Å². The van der Waals surface area contributed by atoms with Crippen molar-refractivity contribution in [2.24, 2.45) is 0 Å². The summed E-state index contributed by atoms with van der Waals surface area (Å²) in [6.45, 7) is 3.96. The van der Waals surface area contributed by atoms with Gasteiger partial charge in [0.15, 0.2) is 5.75 Å². The van der Waals surface area contributed by atoms with E-state index in [1.165, 1.54) is 0 Å². The number of hydrogen-bond acceptors (Lipinski definition) is 4. The minimum Gasteiger partial charge on any atom is -0.422 e. The molecule has 0 radical (unpaired) electrons. The summed E-state index contributed by atoms with van der Waals surface area (Å²) in [6, 6.07) is 14.3. The van der Waals surface area contributed by atoms with Crippen LogP contribution in [0, 0.1) is 6.92 Å². The summed E-state index contributed by atoms with van der Waals surface area (Å²) in [7, 11) is 0. The van der Waals surface area contributed by atoms with Gasteiger partial charge in [0.25, 0.3) is 0 Å². The third-order valence-electron chi connectivity index (χ3n) is 4.08. The van der Waals surface area contributed by atoms with Gasteiger partial charge in [-0.25, -0.2) is 9.59 Å². The number of ether oxygens (including phenoxy) is 1. The van der Waals surface area contributed by atoms with Gasteiger partial charge in [-0.05, 0) is 44.0 Å². The second-order valence-corrected chi connectivity index (χ2v) is 6.06. The zero-order valence-corrected chi connectivity index (χ0v) is 14.4. The molecule has 4 heteroatoms. The van der Waals surface area contributed by atoms with Gasteiger partial charge in [-0.2, -0.15) is 0 Å². The summed E-state index contributed by atoms with van der Waals surface area (Å²) in [5.41, 5.74) is 1.82. The van der Waals surface area contributed by atoms with Crippen LogP contribution in [0.1, 0.15) is 41.3 Å². The zero-order chi connectivity index (χ0) is 17.8. The van der Waals surface area contributed by atoms with Gasteiger partial charge < -0.3 is 9.15 Å². The number of hydrogen-bond donors (Lipinski definition) is 0. The number of benzene rings is 2. The van der Waals surface area contributed by atoms with Crippen molar-refractivity contribution in [2.75, 3.05) is 0 Å². The summed E-state index contributed by atoms with van der Waals surface area (Å²) >= 11 is 0. The first-order valence-electron chi connectivity index (χ1n) is 8.43. The third kappa shape index (κ3) is 3.63. The Kier molecular flexibility index (Phi) is 4.98. The Labute approximate surface area is 146 Å². The van der Waals surface area contributed by atoms with Crippen molar-refractivity contribution < 1.29 is 13.9 Å². The standard InChI is InChI=1S/C21H20O4/c1-3-4-10-17-19(16-11-5-6-12-18(16)24-21(17)23)25-20(22)15-9-7-8-14(2)13-15/h5-9,11-13H,3-4,10H2,1-2H3. The molecule has 0 N–H and O–H groups in total. The highest BCUT2D eigenvalue weighted by Gasteiger charge is 2.19. The molecular weight excluding hydrogens is 316 g/mol. The average molecular weight is 336 g/mol. The van der Waals surface area contributed by atoms with Crippen molar-refractivity contribution in [1.29, 1.82) is 0 Å². The van der Waals surface area contributed by atoms with Crippen LogP contribution in [0.4, 0.5) is 0 Å². The molecule has 0 saturated heterocycles. The molecule has 4 nitrogen and oxygen atoms in total. The Hall–Kier alpha value is -2.88. The number of para-hydroxylation sites is 1. The van der Waals surface area contributed by atoms with Gasteiger partial charge >= 0.3 is 11.6 Å². The van der Waals surface area contributed by atoms with Crippen molar-refractivity contribution >= 4 is 16.9 Å². The fourth-order valence-electron chi connectivity index (χ4n) is 2.77. The Balaban J connectivity index is 2.09. The van der Waals surface area contributed by atoms with E-state index >= 15 is 0 Å². The van der Waals surface area contributed by atoms with E-state index in [1.54, 1.807) is 36.4 Å². The van der Waals surface area contributed by atoms with Gasteiger partial charge in [-0.3, -0.25) is 0 Å². The molecule has 1 heterocycles. The lowest BCUT2D eigenvalue weighted by Crippen LogP contribution is -2.15. The zero-order valence-electron chi connectivity index (χ0n) is 14.4. The first-order chi connectivity index (χ1) is 12.1. The Morgan fingerprint density at radius 3 is 2.68 bits per heavy atom. The summed E-state index contributed by atoms with van der Waals surface area (Å²) in [5, 5.41) is 0.634. The van der Waals surface area contributed by atoms with E-state index in [0.29, 0.717) is 34.3 Å². The van der Waals surface area contributed by atoms with Crippen LogP contribution in [0.3, 0.4) is 0 Å². The van der Waals surface area contributed by atoms with Crippen molar-refractivity contribution in [3.8, 4) is 5.75 Å². The number of carbonyl (C=O) groups excluding carboxylic acids is 1.